The van der Waals surface area contributed by atoms with Crippen LogP contribution in [0.25, 0.3) is 11.3 Å². The molecule has 96 valence electrons. The molecule has 1 aromatic heterocycles. The molecule has 0 bridgehead atoms. The first-order chi connectivity index (χ1) is 9.08. The summed E-state index contributed by atoms with van der Waals surface area (Å²) < 4.78 is 13.8. The van der Waals surface area contributed by atoms with Crippen molar-refractivity contribution in [2.75, 3.05) is 11.5 Å². The van der Waals surface area contributed by atoms with Gasteiger partial charge >= 0.3 is 0 Å². The van der Waals surface area contributed by atoms with Gasteiger partial charge < -0.3 is 11.5 Å². The number of benzene rings is 1. The highest BCUT2D eigenvalue weighted by atomic mass is 79.9. The van der Waals surface area contributed by atoms with Gasteiger partial charge in [-0.3, -0.25) is 0 Å². The van der Waals surface area contributed by atoms with Gasteiger partial charge in [0.2, 0.25) is 5.95 Å². The molecule has 19 heavy (non-hydrogen) atoms. The van der Waals surface area contributed by atoms with E-state index >= 15 is 0 Å². The second-order valence-electron chi connectivity index (χ2n) is 3.70. The number of aromatic nitrogens is 2. The number of hydrogen-bond donors (Lipinski definition) is 2. The fraction of sp³-hybridized carbons (Fsp3) is 0.0833. The second kappa shape index (κ2) is 5.20. The molecule has 7 heteroatoms. The number of halogens is 2. The fourth-order valence-electron chi connectivity index (χ4n) is 1.72. The van der Waals surface area contributed by atoms with E-state index in [1.54, 1.807) is 6.07 Å². The van der Waals surface area contributed by atoms with Crippen LogP contribution < -0.4 is 11.5 Å². The molecule has 4 N–H and O–H groups in total. The van der Waals surface area contributed by atoms with Crippen molar-refractivity contribution in [1.82, 2.24) is 9.97 Å². The fourth-order valence-corrected chi connectivity index (χ4v) is 2.29. The Labute approximate surface area is 117 Å². The molecule has 0 spiro atoms. The van der Waals surface area contributed by atoms with Crippen molar-refractivity contribution in [3.8, 4) is 17.3 Å². The highest BCUT2D eigenvalue weighted by Crippen LogP contribution is 2.30. The molecule has 1 aromatic carbocycles. The predicted molar refractivity (Wildman–Crippen MR) is 73.6 cm³/mol. The Balaban J connectivity index is 2.80. The van der Waals surface area contributed by atoms with Crippen LogP contribution in [0.5, 0.6) is 0 Å². The molecule has 0 amide bonds. The summed E-state index contributed by atoms with van der Waals surface area (Å²) in [5, 5.41) is 9.41. The van der Waals surface area contributed by atoms with Crippen LogP contribution in [0.4, 0.5) is 16.2 Å². The molecular weight excluding hydrogens is 313 g/mol. The van der Waals surface area contributed by atoms with E-state index in [1.165, 1.54) is 12.1 Å². The predicted octanol–water partition coefficient (Wildman–Crippen LogP) is 2.21. The van der Waals surface area contributed by atoms with E-state index in [1.807, 2.05) is 6.07 Å². The minimum absolute atomic E-state index is 0.0187. The number of nitrogen functional groups attached to an aromatic ring is 2. The van der Waals surface area contributed by atoms with Crippen LogP contribution in [0.15, 0.2) is 18.2 Å². The highest BCUT2D eigenvalue weighted by Gasteiger charge is 2.17. The average Bonchev–Trinajstić information content (AvgIpc) is 2.37. The van der Waals surface area contributed by atoms with Gasteiger partial charge in [0, 0.05) is 16.5 Å². The number of nitrogens with zero attached hydrogens (tertiary/aromatic N) is 3. The maximum absolute atomic E-state index is 13.8. The van der Waals surface area contributed by atoms with Crippen LogP contribution in [0.3, 0.4) is 0 Å². The third-order valence-corrected chi connectivity index (χ3v) is 3.13. The summed E-state index contributed by atoms with van der Waals surface area (Å²) in [6, 6.07) is 6.44. The van der Waals surface area contributed by atoms with Gasteiger partial charge in [-0.1, -0.05) is 28.1 Å². The van der Waals surface area contributed by atoms with Crippen LogP contribution in [-0.2, 0) is 5.33 Å². The van der Waals surface area contributed by atoms with Gasteiger partial charge in [-0.15, -0.1) is 0 Å². The summed E-state index contributed by atoms with van der Waals surface area (Å²) in [7, 11) is 0. The van der Waals surface area contributed by atoms with Gasteiger partial charge in [0.05, 0.1) is 5.69 Å². The molecule has 0 aliphatic carbocycles. The van der Waals surface area contributed by atoms with Crippen molar-refractivity contribution in [3.63, 3.8) is 0 Å². The van der Waals surface area contributed by atoms with Crippen molar-refractivity contribution in [2.45, 2.75) is 5.33 Å². The zero-order valence-corrected chi connectivity index (χ0v) is 11.3. The second-order valence-corrected chi connectivity index (χ2v) is 4.26. The summed E-state index contributed by atoms with van der Waals surface area (Å²) in [6.07, 6.45) is 0. The van der Waals surface area contributed by atoms with E-state index in [0.717, 1.165) is 0 Å². The number of hydrogen-bond acceptors (Lipinski definition) is 5. The van der Waals surface area contributed by atoms with E-state index < -0.39 is 5.82 Å². The number of nitrogens with two attached hydrogens (primary N) is 2. The molecule has 0 saturated carbocycles. The molecule has 0 aliphatic heterocycles. The lowest BCUT2D eigenvalue weighted by Crippen LogP contribution is -2.06. The lowest BCUT2D eigenvalue weighted by molar-refractivity contribution is 0.618. The lowest BCUT2D eigenvalue weighted by Gasteiger charge is -2.10. The molecule has 0 radical (unpaired) electrons. The number of nitriles is 1. The van der Waals surface area contributed by atoms with E-state index in [4.69, 9.17) is 16.7 Å². The first kappa shape index (κ1) is 13.2. The van der Waals surface area contributed by atoms with E-state index in [0.29, 0.717) is 11.1 Å². The molecule has 0 unspecified atom stereocenters. The van der Waals surface area contributed by atoms with E-state index in [2.05, 4.69) is 25.9 Å². The van der Waals surface area contributed by atoms with E-state index in [-0.39, 0.29) is 28.4 Å². The van der Waals surface area contributed by atoms with Gasteiger partial charge in [0.25, 0.3) is 0 Å². The number of alkyl halides is 1. The molecule has 5 nitrogen and oxygen atoms in total. The Hall–Kier alpha value is -2.20. The Morgan fingerprint density at radius 3 is 2.68 bits per heavy atom. The Kier molecular flexibility index (Phi) is 3.62. The molecule has 2 rings (SSSR count). The Morgan fingerprint density at radius 2 is 2.05 bits per heavy atom. The number of anilines is 2. The van der Waals surface area contributed by atoms with E-state index in [9.17, 15) is 4.39 Å². The SMILES string of the molecule is N#Cc1c(N)nc(N)nc1-c1cccc(F)c1CBr. The van der Waals surface area contributed by atoms with Crippen LogP contribution in [-0.4, -0.2) is 9.97 Å². The monoisotopic (exact) mass is 321 g/mol. The third-order valence-electron chi connectivity index (χ3n) is 2.57. The topological polar surface area (TPSA) is 102 Å². The average molecular weight is 322 g/mol. The molecule has 0 atom stereocenters. The minimum atomic E-state index is -0.394. The largest absolute Gasteiger partial charge is 0.382 e. The molecule has 0 aliphatic rings. The Morgan fingerprint density at radius 1 is 1.32 bits per heavy atom. The summed E-state index contributed by atoms with van der Waals surface area (Å²) >= 11 is 3.21. The normalized spacial score (nSPS) is 10.2. The van der Waals surface area contributed by atoms with Gasteiger partial charge in [-0.25, -0.2) is 9.37 Å². The third kappa shape index (κ3) is 2.35. The van der Waals surface area contributed by atoms with Crippen molar-refractivity contribution in [1.29, 1.82) is 5.26 Å². The summed E-state index contributed by atoms with van der Waals surface area (Å²) in [4.78, 5) is 7.73. The highest BCUT2D eigenvalue weighted by molar-refractivity contribution is 9.08. The molecule has 0 saturated heterocycles. The molecule has 2 aromatic rings. The Bertz CT molecular complexity index is 681. The molecular formula is C12H9BrFN5. The maximum Gasteiger partial charge on any atom is 0.222 e. The number of rotatable bonds is 2. The van der Waals surface area contributed by atoms with Crippen molar-refractivity contribution in [2.24, 2.45) is 0 Å². The van der Waals surface area contributed by atoms with Gasteiger partial charge in [-0.05, 0) is 6.07 Å². The van der Waals surface area contributed by atoms with Crippen molar-refractivity contribution < 1.29 is 4.39 Å². The van der Waals surface area contributed by atoms with Gasteiger partial charge in [0.1, 0.15) is 23.3 Å². The van der Waals surface area contributed by atoms with Crippen molar-refractivity contribution >= 4 is 27.7 Å². The molecule has 1 heterocycles. The van der Waals surface area contributed by atoms with Crippen LogP contribution >= 0.6 is 15.9 Å². The summed E-state index contributed by atoms with van der Waals surface area (Å²) in [5.41, 5.74) is 12.3. The zero-order chi connectivity index (χ0) is 14.0. The van der Waals surface area contributed by atoms with Gasteiger partial charge in [-0.2, -0.15) is 10.2 Å². The van der Waals surface area contributed by atoms with Crippen molar-refractivity contribution in [3.05, 3.63) is 35.1 Å². The summed E-state index contributed by atoms with van der Waals surface area (Å²) in [6.45, 7) is 0. The lowest BCUT2D eigenvalue weighted by atomic mass is 10.0. The first-order valence-corrected chi connectivity index (χ1v) is 6.37. The summed E-state index contributed by atoms with van der Waals surface area (Å²) in [5.74, 6) is -0.472. The smallest absolute Gasteiger partial charge is 0.222 e. The van der Waals surface area contributed by atoms with Crippen LogP contribution in [0, 0.1) is 17.1 Å². The van der Waals surface area contributed by atoms with Gasteiger partial charge in [0.15, 0.2) is 0 Å². The molecule has 0 fully saturated rings. The van der Waals surface area contributed by atoms with Crippen LogP contribution in [0.1, 0.15) is 11.1 Å². The zero-order valence-electron chi connectivity index (χ0n) is 9.69. The maximum atomic E-state index is 13.8. The first-order valence-electron chi connectivity index (χ1n) is 5.25. The minimum Gasteiger partial charge on any atom is -0.382 e. The quantitative estimate of drug-likeness (QED) is 0.826. The standard InChI is InChI=1S/C12H9BrFN5/c13-4-7-6(2-1-3-9(7)14)10-8(5-15)11(16)19-12(17)18-10/h1-3H,4H2,(H4,16,17,18,19). The van der Waals surface area contributed by atoms with Crippen LogP contribution in [0.2, 0.25) is 0 Å².